The van der Waals surface area contributed by atoms with E-state index in [4.69, 9.17) is 14.2 Å². The van der Waals surface area contributed by atoms with Gasteiger partial charge in [-0.15, -0.1) is 0 Å². The second kappa shape index (κ2) is 5.50. The monoisotopic (exact) mass is 230 g/mol. The van der Waals surface area contributed by atoms with E-state index in [0.717, 1.165) is 0 Å². The van der Waals surface area contributed by atoms with Crippen LogP contribution < -0.4 is 0 Å². The van der Waals surface area contributed by atoms with E-state index in [9.17, 15) is 14.7 Å². The molecule has 90 valence electrons. The van der Waals surface area contributed by atoms with Gasteiger partial charge >= 0.3 is 11.9 Å². The molecule has 0 saturated carbocycles. The van der Waals surface area contributed by atoms with Crippen LogP contribution in [0.15, 0.2) is 12.3 Å². The highest BCUT2D eigenvalue weighted by Gasteiger charge is 2.34. The van der Waals surface area contributed by atoms with E-state index in [1.165, 1.54) is 26.2 Å². The number of aliphatic hydroxyl groups is 1. The lowest BCUT2D eigenvalue weighted by molar-refractivity contribution is -0.168. The quantitative estimate of drug-likeness (QED) is 0.673. The first-order chi connectivity index (χ1) is 7.50. The average molecular weight is 230 g/mol. The number of hydrogen-bond acceptors (Lipinski definition) is 6. The molecule has 0 bridgehead atoms. The van der Waals surface area contributed by atoms with Gasteiger partial charge in [0.2, 0.25) is 0 Å². The van der Waals surface area contributed by atoms with E-state index in [-0.39, 0.29) is 6.61 Å². The van der Waals surface area contributed by atoms with Crippen LogP contribution >= 0.6 is 0 Å². The van der Waals surface area contributed by atoms with E-state index < -0.39 is 30.3 Å². The van der Waals surface area contributed by atoms with E-state index in [1.54, 1.807) is 0 Å². The van der Waals surface area contributed by atoms with Gasteiger partial charge in [0.1, 0.15) is 12.7 Å². The summed E-state index contributed by atoms with van der Waals surface area (Å²) in [6, 6.07) is 0. The van der Waals surface area contributed by atoms with E-state index in [1.807, 2.05) is 0 Å². The molecule has 1 aliphatic heterocycles. The first kappa shape index (κ1) is 12.5. The molecule has 1 heterocycles. The molecule has 1 rings (SSSR count). The summed E-state index contributed by atoms with van der Waals surface area (Å²) >= 11 is 0. The van der Waals surface area contributed by atoms with Gasteiger partial charge < -0.3 is 19.3 Å². The standard InChI is InChI=1S/C10H14O6/c1-6(11)15-5-9-10(16-7(2)12)8(13)3-4-14-9/h3-4,8-10,13H,5H2,1-2H3/t8-,9+,10-/m0/s1. The first-order valence-electron chi connectivity index (χ1n) is 4.81. The number of carbonyl (C=O) groups excluding carboxylic acids is 2. The lowest BCUT2D eigenvalue weighted by atomic mass is 10.1. The number of hydrogen-bond donors (Lipinski definition) is 1. The van der Waals surface area contributed by atoms with Crippen molar-refractivity contribution in [2.24, 2.45) is 0 Å². The van der Waals surface area contributed by atoms with Crippen molar-refractivity contribution in [3.05, 3.63) is 12.3 Å². The van der Waals surface area contributed by atoms with Crippen LogP contribution in [0.4, 0.5) is 0 Å². The summed E-state index contributed by atoms with van der Waals surface area (Å²) in [5.41, 5.74) is 0. The molecule has 0 aliphatic carbocycles. The summed E-state index contributed by atoms with van der Waals surface area (Å²) in [6.07, 6.45) is 0.143. The van der Waals surface area contributed by atoms with Gasteiger partial charge in [0.15, 0.2) is 12.2 Å². The molecule has 1 N–H and O–H groups in total. The van der Waals surface area contributed by atoms with E-state index in [0.29, 0.717) is 0 Å². The zero-order chi connectivity index (χ0) is 12.1. The van der Waals surface area contributed by atoms with Gasteiger partial charge in [-0.1, -0.05) is 0 Å². The Bertz CT molecular complexity index is 298. The Labute approximate surface area is 92.8 Å². The van der Waals surface area contributed by atoms with Crippen molar-refractivity contribution >= 4 is 11.9 Å². The molecular formula is C10H14O6. The SMILES string of the molecule is CC(=O)OC[C@H]1OC=C[C@H](O)[C@@H]1OC(C)=O. The third kappa shape index (κ3) is 3.54. The molecule has 16 heavy (non-hydrogen) atoms. The highest BCUT2D eigenvalue weighted by Crippen LogP contribution is 2.16. The number of ether oxygens (including phenoxy) is 3. The number of carbonyl (C=O) groups is 2. The maximum Gasteiger partial charge on any atom is 0.303 e. The van der Waals surface area contributed by atoms with Crippen molar-refractivity contribution in [3.63, 3.8) is 0 Å². The molecule has 0 amide bonds. The van der Waals surface area contributed by atoms with Gasteiger partial charge in [0.05, 0.1) is 6.26 Å². The third-order valence-electron chi connectivity index (χ3n) is 1.99. The van der Waals surface area contributed by atoms with Crippen LogP contribution in [0.25, 0.3) is 0 Å². The van der Waals surface area contributed by atoms with Gasteiger partial charge in [-0.25, -0.2) is 0 Å². The number of rotatable bonds is 3. The van der Waals surface area contributed by atoms with Crippen molar-refractivity contribution < 1.29 is 28.9 Å². The molecule has 0 spiro atoms. The topological polar surface area (TPSA) is 82.1 Å². The number of esters is 2. The molecule has 6 nitrogen and oxygen atoms in total. The summed E-state index contributed by atoms with van der Waals surface area (Å²) in [5, 5.41) is 9.57. The molecule has 1 aliphatic rings. The fourth-order valence-electron chi connectivity index (χ4n) is 1.30. The Kier molecular flexibility index (Phi) is 4.30. The molecule has 3 atom stereocenters. The fraction of sp³-hybridized carbons (Fsp3) is 0.600. The molecule has 0 saturated heterocycles. The van der Waals surface area contributed by atoms with Gasteiger partial charge in [-0.2, -0.15) is 0 Å². The van der Waals surface area contributed by atoms with Crippen molar-refractivity contribution in [1.29, 1.82) is 0 Å². The minimum atomic E-state index is -0.960. The number of aliphatic hydroxyl groups excluding tert-OH is 1. The van der Waals surface area contributed by atoms with Crippen molar-refractivity contribution in [2.45, 2.75) is 32.2 Å². The van der Waals surface area contributed by atoms with Crippen LogP contribution in [0, 0.1) is 0 Å². The van der Waals surface area contributed by atoms with Gasteiger partial charge in [0, 0.05) is 13.8 Å². The predicted molar refractivity (Wildman–Crippen MR) is 52.2 cm³/mol. The smallest absolute Gasteiger partial charge is 0.303 e. The highest BCUT2D eigenvalue weighted by atomic mass is 16.6. The Morgan fingerprint density at radius 2 is 2.06 bits per heavy atom. The van der Waals surface area contributed by atoms with Crippen LogP contribution in [0.2, 0.25) is 0 Å². The van der Waals surface area contributed by atoms with Crippen molar-refractivity contribution in [3.8, 4) is 0 Å². The lowest BCUT2D eigenvalue weighted by Crippen LogP contribution is -2.45. The molecular weight excluding hydrogens is 216 g/mol. The second-order valence-corrected chi connectivity index (χ2v) is 3.37. The Hall–Kier alpha value is -1.56. The molecule has 0 fully saturated rings. The summed E-state index contributed by atoms with van der Waals surface area (Å²) < 4.78 is 14.8. The fourth-order valence-corrected chi connectivity index (χ4v) is 1.30. The van der Waals surface area contributed by atoms with Crippen molar-refractivity contribution in [2.75, 3.05) is 6.61 Å². The zero-order valence-electron chi connectivity index (χ0n) is 9.08. The maximum atomic E-state index is 10.8. The van der Waals surface area contributed by atoms with E-state index >= 15 is 0 Å². The first-order valence-corrected chi connectivity index (χ1v) is 4.81. The summed E-state index contributed by atoms with van der Waals surface area (Å²) in [5.74, 6) is -0.995. The van der Waals surface area contributed by atoms with Gasteiger partial charge in [-0.05, 0) is 6.08 Å². The van der Waals surface area contributed by atoms with Gasteiger partial charge in [0.25, 0.3) is 0 Å². The zero-order valence-corrected chi connectivity index (χ0v) is 9.08. The van der Waals surface area contributed by atoms with Crippen LogP contribution in [0.1, 0.15) is 13.8 Å². The van der Waals surface area contributed by atoms with Gasteiger partial charge in [-0.3, -0.25) is 9.59 Å². The van der Waals surface area contributed by atoms with E-state index in [2.05, 4.69) is 0 Å². The van der Waals surface area contributed by atoms with Crippen LogP contribution in [-0.2, 0) is 23.8 Å². The normalized spacial score (nSPS) is 28.1. The highest BCUT2D eigenvalue weighted by molar-refractivity contribution is 5.66. The second-order valence-electron chi connectivity index (χ2n) is 3.37. The van der Waals surface area contributed by atoms with Crippen LogP contribution in [-0.4, -0.2) is 42.0 Å². The largest absolute Gasteiger partial charge is 0.491 e. The van der Waals surface area contributed by atoms with Crippen LogP contribution in [0.5, 0.6) is 0 Å². The molecule has 0 unspecified atom stereocenters. The minimum Gasteiger partial charge on any atom is -0.491 e. The Morgan fingerprint density at radius 1 is 1.38 bits per heavy atom. The summed E-state index contributed by atoms with van der Waals surface area (Å²) in [7, 11) is 0. The summed E-state index contributed by atoms with van der Waals surface area (Å²) in [4.78, 5) is 21.5. The maximum absolute atomic E-state index is 10.8. The lowest BCUT2D eigenvalue weighted by Gasteiger charge is -2.30. The van der Waals surface area contributed by atoms with Crippen molar-refractivity contribution in [1.82, 2.24) is 0 Å². The minimum absolute atomic E-state index is 0.0747. The van der Waals surface area contributed by atoms with Crippen LogP contribution in [0.3, 0.4) is 0 Å². The average Bonchev–Trinajstić information content (AvgIpc) is 2.18. The third-order valence-corrected chi connectivity index (χ3v) is 1.99. The molecule has 0 aromatic heterocycles. The Morgan fingerprint density at radius 3 is 2.62 bits per heavy atom. The molecule has 0 aromatic rings. The molecule has 6 heteroatoms. The molecule has 0 radical (unpaired) electrons. The summed E-state index contributed by atoms with van der Waals surface area (Å²) in [6.45, 7) is 2.42. The predicted octanol–water partition coefficient (Wildman–Crippen LogP) is -0.245. The Balaban J connectivity index is 2.60. The molecule has 0 aromatic carbocycles.